The second-order valence-corrected chi connectivity index (χ2v) is 6.20. The molecule has 3 heteroatoms. The fourth-order valence-corrected chi connectivity index (χ4v) is 1.89. The van der Waals surface area contributed by atoms with E-state index in [0.29, 0.717) is 12.8 Å². The Hall–Kier alpha value is -1.35. The maximum atomic E-state index is 11.7. The molecule has 2 N–H and O–H groups in total. The number of carbonyl (C=O) groups excluding carboxylic acids is 1. The number of hydrogen-bond acceptors (Lipinski definition) is 2. The Bertz CT molecular complexity index is 447. The molecule has 1 atom stereocenters. The van der Waals surface area contributed by atoms with Crippen molar-refractivity contribution in [3.8, 4) is 0 Å². The summed E-state index contributed by atoms with van der Waals surface area (Å²) in [7, 11) is 0. The summed E-state index contributed by atoms with van der Waals surface area (Å²) in [6, 6.07) is 5.92. The SMILES string of the molecule is Cc1ccc(C(O)CCC(=O)NC(C)(C)C)cc1C. The predicted octanol–water partition coefficient (Wildman–Crippen LogP) is 3.03. The number of aryl methyl sites for hydroxylation is 2. The zero-order valence-electron chi connectivity index (χ0n) is 12.6. The molecule has 3 nitrogen and oxygen atoms in total. The number of aliphatic hydroxyl groups is 1. The Labute approximate surface area is 116 Å². The fraction of sp³-hybridized carbons (Fsp3) is 0.562. The lowest BCUT2D eigenvalue weighted by Gasteiger charge is -2.21. The molecule has 1 rings (SSSR count). The zero-order valence-corrected chi connectivity index (χ0v) is 12.6. The highest BCUT2D eigenvalue weighted by molar-refractivity contribution is 5.76. The number of nitrogens with one attached hydrogen (secondary N) is 1. The van der Waals surface area contributed by atoms with Crippen molar-refractivity contribution in [1.29, 1.82) is 0 Å². The minimum atomic E-state index is -0.579. The van der Waals surface area contributed by atoms with E-state index < -0.39 is 6.10 Å². The number of rotatable bonds is 4. The van der Waals surface area contributed by atoms with Crippen molar-refractivity contribution in [2.24, 2.45) is 0 Å². The number of benzene rings is 1. The summed E-state index contributed by atoms with van der Waals surface area (Å²) in [6.07, 6.45) is 0.209. The molecule has 1 aromatic rings. The average molecular weight is 263 g/mol. The van der Waals surface area contributed by atoms with Gasteiger partial charge in [0.25, 0.3) is 0 Å². The standard InChI is InChI=1S/C16H25NO2/c1-11-6-7-13(10-12(11)2)14(18)8-9-15(19)17-16(3,4)5/h6-7,10,14,18H,8-9H2,1-5H3,(H,17,19). The third kappa shape index (κ3) is 5.43. The fourth-order valence-electron chi connectivity index (χ4n) is 1.89. The van der Waals surface area contributed by atoms with Crippen LogP contribution in [-0.4, -0.2) is 16.6 Å². The Kier molecular flexibility index (Phi) is 5.12. The Morgan fingerprint density at radius 1 is 1.26 bits per heavy atom. The van der Waals surface area contributed by atoms with Crippen LogP contribution in [0.15, 0.2) is 18.2 Å². The van der Waals surface area contributed by atoms with Crippen molar-refractivity contribution in [2.45, 2.75) is 59.1 Å². The molecule has 0 aromatic heterocycles. The van der Waals surface area contributed by atoms with Gasteiger partial charge in [-0.2, -0.15) is 0 Å². The van der Waals surface area contributed by atoms with Crippen LogP contribution in [0, 0.1) is 13.8 Å². The molecule has 0 aliphatic carbocycles. The van der Waals surface area contributed by atoms with E-state index in [1.165, 1.54) is 5.56 Å². The quantitative estimate of drug-likeness (QED) is 0.877. The molecule has 0 aliphatic heterocycles. The topological polar surface area (TPSA) is 49.3 Å². The monoisotopic (exact) mass is 263 g/mol. The Balaban J connectivity index is 2.53. The number of amides is 1. The molecular weight excluding hydrogens is 238 g/mol. The second kappa shape index (κ2) is 6.20. The van der Waals surface area contributed by atoms with E-state index in [-0.39, 0.29) is 11.4 Å². The van der Waals surface area contributed by atoms with Crippen LogP contribution in [0.4, 0.5) is 0 Å². The van der Waals surface area contributed by atoms with E-state index >= 15 is 0 Å². The van der Waals surface area contributed by atoms with Crippen LogP contribution in [0.2, 0.25) is 0 Å². The maximum Gasteiger partial charge on any atom is 0.220 e. The zero-order chi connectivity index (χ0) is 14.6. The molecule has 1 aromatic carbocycles. The Morgan fingerprint density at radius 3 is 2.42 bits per heavy atom. The molecule has 0 aliphatic rings. The van der Waals surface area contributed by atoms with Crippen molar-refractivity contribution in [2.75, 3.05) is 0 Å². The van der Waals surface area contributed by atoms with Crippen LogP contribution in [0.25, 0.3) is 0 Å². The van der Waals surface area contributed by atoms with Gasteiger partial charge in [-0.15, -0.1) is 0 Å². The van der Waals surface area contributed by atoms with Crippen LogP contribution in [0.3, 0.4) is 0 Å². The molecule has 19 heavy (non-hydrogen) atoms. The van der Waals surface area contributed by atoms with E-state index in [0.717, 1.165) is 11.1 Å². The first-order chi connectivity index (χ1) is 8.69. The molecule has 0 bridgehead atoms. The Morgan fingerprint density at radius 2 is 1.89 bits per heavy atom. The van der Waals surface area contributed by atoms with Gasteiger partial charge in [-0.25, -0.2) is 0 Å². The summed E-state index contributed by atoms with van der Waals surface area (Å²) in [4.78, 5) is 11.7. The largest absolute Gasteiger partial charge is 0.388 e. The minimum Gasteiger partial charge on any atom is -0.388 e. The lowest BCUT2D eigenvalue weighted by molar-refractivity contribution is -0.123. The number of aliphatic hydroxyl groups excluding tert-OH is 1. The first-order valence-electron chi connectivity index (χ1n) is 6.75. The molecule has 106 valence electrons. The second-order valence-electron chi connectivity index (χ2n) is 6.20. The smallest absolute Gasteiger partial charge is 0.220 e. The van der Waals surface area contributed by atoms with Crippen molar-refractivity contribution >= 4 is 5.91 Å². The van der Waals surface area contributed by atoms with Crippen LogP contribution in [0.1, 0.15) is 56.4 Å². The lowest BCUT2D eigenvalue weighted by Crippen LogP contribution is -2.40. The number of hydrogen-bond donors (Lipinski definition) is 2. The highest BCUT2D eigenvalue weighted by Gasteiger charge is 2.15. The first-order valence-corrected chi connectivity index (χ1v) is 6.75. The summed E-state index contributed by atoms with van der Waals surface area (Å²) in [5.74, 6) is -0.0182. The van der Waals surface area contributed by atoms with Gasteiger partial charge in [0.15, 0.2) is 0 Å². The van der Waals surface area contributed by atoms with E-state index in [1.54, 1.807) is 0 Å². The molecular formula is C16H25NO2. The van der Waals surface area contributed by atoms with E-state index in [9.17, 15) is 9.90 Å². The van der Waals surface area contributed by atoms with E-state index in [2.05, 4.69) is 5.32 Å². The minimum absolute atomic E-state index is 0.0182. The highest BCUT2D eigenvalue weighted by atomic mass is 16.3. The van der Waals surface area contributed by atoms with Gasteiger partial charge in [-0.3, -0.25) is 4.79 Å². The average Bonchev–Trinajstić information content (AvgIpc) is 2.27. The van der Waals surface area contributed by atoms with Gasteiger partial charge in [0.2, 0.25) is 5.91 Å². The van der Waals surface area contributed by atoms with Gasteiger partial charge in [0.05, 0.1) is 6.10 Å². The highest BCUT2D eigenvalue weighted by Crippen LogP contribution is 2.21. The van der Waals surface area contributed by atoms with E-state index in [4.69, 9.17) is 0 Å². The predicted molar refractivity (Wildman–Crippen MR) is 78.0 cm³/mol. The normalized spacial score (nSPS) is 13.2. The van der Waals surface area contributed by atoms with Crippen LogP contribution in [0.5, 0.6) is 0 Å². The molecule has 0 heterocycles. The van der Waals surface area contributed by atoms with Crippen LogP contribution < -0.4 is 5.32 Å². The van der Waals surface area contributed by atoms with Gasteiger partial charge >= 0.3 is 0 Å². The molecule has 0 radical (unpaired) electrons. The van der Waals surface area contributed by atoms with Gasteiger partial charge in [0.1, 0.15) is 0 Å². The van der Waals surface area contributed by atoms with Gasteiger partial charge < -0.3 is 10.4 Å². The summed E-state index contributed by atoms with van der Waals surface area (Å²) in [6.45, 7) is 9.92. The van der Waals surface area contributed by atoms with Gasteiger partial charge in [0, 0.05) is 12.0 Å². The number of carbonyl (C=O) groups is 1. The van der Waals surface area contributed by atoms with Gasteiger partial charge in [-0.05, 0) is 57.7 Å². The van der Waals surface area contributed by atoms with Crippen LogP contribution >= 0.6 is 0 Å². The van der Waals surface area contributed by atoms with Crippen molar-refractivity contribution in [3.05, 3.63) is 34.9 Å². The van der Waals surface area contributed by atoms with Gasteiger partial charge in [-0.1, -0.05) is 18.2 Å². The summed E-state index contributed by atoms with van der Waals surface area (Å²) in [5.41, 5.74) is 3.03. The lowest BCUT2D eigenvalue weighted by atomic mass is 9.99. The summed E-state index contributed by atoms with van der Waals surface area (Å²) in [5, 5.41) is 13.0. The van der Waals surface area contributed by atoms with E-state index in [1.807, 2.05) is 52.8 Å². The van der Waals surface area contributed by atoms with Crippen molar-refractivity contribution in [3.63, 3.8) is 0 Å². The van der Waals surface area contributed by atoms with Crippen molar-refractivity contribution in [1.82, 2.24) is 5.32 Å². The molecule has 1 unspecified atom stereocenters. The van der Waals surface area contributed by atoms with Crippen LogP contribution in [-0.2, 0) is 4.79 Å². The molecule has 0 saturated carbocycles. The molecule has 1 amide bonds. The molecule has 0 fully saturated rings. The molecule has 0 saturated heterocycles. The maximum absolute atomic E-state index is 11.7. The third-order valence-electron chi connectivity index (χ3n) is 3.07. The van der Waals surface area contributed by atoms with Crippen molar-refractivity contribution < 1.29 is 9.90 Å². The first kappa shape index (κ1) is 15.7. The third-order valence-corrected chi connectivity index (χ3v) is 3.07. The summed E-state index contributed by atoms with van der Waals surface area (Å²) < 4.78 is 0. The summed E-state index contributed by atoms with van der Waals surface area (Å²) >= 11 is 0. The molecule has 0 spiro atoms.